The third kappa shape index (κ3) is 6.51. The normalized spacial score (nSPS) is 14.0. The van der Waals surface area contributed by atoms with E-state index >= 15 is 0 Å². The number of nitrogens with one attached hydrogen (secondary N) is 2. The molecule has 0 aromatic heterocycles. The van der Waals surface area contributed by atoms with Gasteiger partial charge in [-0.2, -0.15) is 0 Å². The Labute approximate surface area is 194 Å². The van der Waals surface area contributed by atoms with Crippen LogP contribution < -0.4 is 15.4 Å². The van der Waals surface area contributed by atoms with E-state index in [4.69, 9.17) is 21.7 Å². The number of hydrogen-bond donors (Lipinski definition) is 2. The molecule has 7 nitrogen and oxygen atoms in total. The molecule has 0 saturated carbocycles. The number of carbonyl (C=O) groups is 2. The number of anilines is 1. The fourth-order valence-corrected chi connectivity index (χ4v) is 3.68. The van der Waals surface area contributed by atoms with Gasteiger partial charge in [0.15, 0.2) is 5.11 Å². The van der Waals surface area contributed by atoms with Gasteiger partial charge < -0.3 is 19.7 Å². The van der Waals surface area contributed by atoms with Crippen molar-refractivity contribution in [2.24, 2.45) is 5.92 Å². The lowest BCUT2D eigenvalue weighted by Gasteiger charge is -2.30. The minimum absolute atomic E-state index is 0.0117. The van der Waals surface area contributed by atoms with Gasteiger partial charge in [0.2, 0.25) is 0 Å². The number of methoxy groups -OCH3 is 1. The van der Waals surface area contributed by atoms with Crippen LogP contribution in [0, 0.1) is 5.92 Å². The minimum atomic E-state index is -0.384. The minimum Gasteiger partial charge on any atom is -0.490 e. The predicted molar refractivity (Wildman–Crippen MR) is 128 cm³/mol. The molecule has 1 aliphatic heterocycles. The molecule has 2 aromatic carbocycles. The summed E-state index contributed by atoms with van der Waals surface area (Å²) in [4.78, 5) is 27.4. The molecule has 2 N–H and O–H groups in total. The summed E-state index contributed by atoms with van der Waals surface area (Å²) in [5, 5.41) is 5.79. The maximum atomic E-state index is 12.8. The standard InChI is InChI=1S/C24H29N3O4S/c1-17-10-12-27(13-11-17)23(29)18-6-5-7-19(16-18)25-24(32)26-22(28)20-8-3-4-9-21(20)31-15-14-30-2/h3-9,16-17H,10-15H2,1-2H3,(H2,25,26,28,32). The summed E-state index contributed by atoms with van der Waals surface area (Å²) in [5.74, 6) is 0.736. The molecule has 3 rings (SSSR count). The Hall–Kier alpha value is -2.97. The molecule has 32 heavy (non-hydrogen) atoms. The molecule has 0 unspecified atom stereocenters. The van der Waals surface area contributed by atoms with Gasteiger partial charge in [0, 0.05) is 31.5 Å². The van der Waals surface area contributed by atoms with Crippen molar-refractivity contribution in [3.05, 3.63) is 59.7 Å². The Kier molecular flexibility index (Phi) is 8.58. The Morgan fingerprint density at radius 3 is 2.59 bits per heavy atom. The quantitative estimate of drug-likeness (QED) is 0.489. The van der Waals surface area contributed by atoms with Crippen molar-refractivity contribution in [2.45, 2.75) is 19.8 Å². The fourth-order valence-electron chi connectivity index (χ4n) is 3.47. The molecule has 1 heterocycles. The van der Waals surface area contributed by atoms with E-state index in [0.29, 0.717) is 41.7 Å². The van der Waals surface area contributed by atoms with Gasteiger partial charge in [0.05, 0.1) is 12.2 Å². The van der Waals surface area contributed by atoms with Crippen LogP contribution in [0.2, 0.25) is 0 Å². The highest BCUT2D eigenvalue weighted by Gasteiger charge is 2.21. The summed E-state index contributed by atoms with van der Waals surface area (Å²) in [5.41, 5.74) is 1.60. The highest BCUT2D eigenvalue weighted by atomic mass is 32.1. The fraction of sp³-hybridized carbons (Fsp3) is 0.375. The molecule has 170 valence electrons. The van der Waals surface area contributed by atoms with Crippen LogP contribution in [0.15, 0.2) is 48.5 Å². The van der Waals surface area contributed by atoms with Crippen molar-refractivity contribution in [1.29, 1.82) is 0 Å². The Balaban J connectivity index is 1.60. The van der Waals surface area contributed by atoms with Crippen molar-refractivity contribution < 1.29 is 19.1 Å². The van der Waals surface area contributed by atoms with E-state index in [1.807, 2.05) is 4.90 Å². The van der Waals surface area contributed by atoms with Crippen molar-refractivity contribution in [3.8, 4) is 5.75 Å². The molecule has 1 aliphatic rings. The largest absolute Gasteiger partial charge is 0.490 e. The van der Waals surface area contributed by atoms with Gasteiger partial charge >= 0.3 is 0 Å². The lowest BCUT2D eigenvalue weighted by molar-refractivity contribution is 0.0697. The van der Waals surface area contributed by atoms with Crippen LogP contribution in [0.5, 0.6) is 5.75 Å². The molecular weight excluding hydrogens is 426 g/mol. The van der Waals surface area contributed by atoms with E-state index < -0.39 is 0 Å². The monoisotopic (exact) mass is 455 g/mol. The van der Waals surface area contributed by atoms with Gasteiger partial charge in [0.1, 0.15) is 12.4 Å². The van der Waals surface area contributed by atoms with Gasteiger partial charge in [-0.15, -0.1) is 0 Å². The third-order valence-corrected chi connectivity index (χ3v) is 5.55. The Morgan fingerprint density at radius 2 is 1.84 bits per heavy atom. The first kappa shape index (κ1) is 23.7. The second-order valence-corrected chi connectivity index (χ2v) is 8.21. The molecule has 2 aromatic rings. The number of amides is 2. The zero-order valence-corrected chi connectivity index (χ0v) is 19.2. The van der Waals surface area contributed by atoms with E-state index in [-0.39, 0.29) is 16.9 Å². The van der Waals surface area contributed by atoms with Crippen LogP contribution >= 0.6 is 12.2 Å². The van der Waals surface area contributed by atoms with Gasteiger partial charge in [-0.25, -0.2) is 0 Å². The maximum absolute atomic E-state index is 12.8. The van der Waals surface area contributed by atoms with Crippen molar-refractivity contribution in [2.75, 3.05) is 38.7 Å². The molecule has 1 fully saturated rings. The summed E-state index contributed by atoms with van der Waals surface area (Å²) in [6.07, 6.45) is 2.05. The molecule has 8 heteroatoms. The number of rotatable bonds is 7. The number of para-hydroxylation sites is 1. The summed E-state index contributed by atoms with van der Waals surface area (Å²) >= 11 is 5.31. The summed E-state index contributed by atoms with van der Waals surface area (Å²) in [6, 6.07) is 14.1. The Morgan fingerprint density at radius 1 is 1.09 bits per heavy atom. The number of ether oxygens (including phenoxy) is 2. The van der Waals surface area contributed by atoms with Gasteiger partial charge in [0.25, 0.3) is 11.8 Å². The molecule has 0 spiro atoms. The molecule has 0 bridgehead atoms. The lowest BCUT2D eigenvalue weighted by Crippen LogP contribution is -2.38. The van der Waals surface area contributed by atoms with Crippen LogP contribution in [-0.2, 0) is 4.74 Å². The van der Waals surface area contributed by atoms with Crippen LogP contribution in [0.4, 0.5) is 5.69 Å². The van der Waals surface area contributed by atoms with E-state index in [1.165, 1.54) is 0 Å². The number of thiocarbonyl (C=S) groups is 1. The number of hydrogen-bond acceptors (Lipinski definition) is 5. The lowest BCUT2D eigenvalue weighted by atomic mass is 9.98. The molecule has 2 amide bonds. The maximum Gasteiger partial charge on any atom is 0.261 e. The van der Waals surface area contributed by atoms with E-state index in [2.05, 4.69) is 17.6 Å². The van der Waals surface area contributed by atoms with Crippen molar-refractivity contribution in [1.82, 2.24) is 10.2 Å². The second-order valence-electron chi connectivity index (χ2n) is 7.80. The zero-order valence-electron chi connectivity index (χ0n) is 18.4. The zero-order chi connectivity index (χ0) is 22.9. The van der Waals surface area contributed by atoms with E-state index in [1.54, 1.807) is 55.6 Å². The van der Waals surface area contributed by atoms with Gasteiger partial charge in [-0.05, 0) is 61.3 Å². The highest BCUT2D eigenvalue weighted by molar-refractivity contribution is 7.80. The molecule has 0 aliphatic carbocycles. The van der Waals surface area contributed by atoms with Crippen molar-refractivity contribution in [3.63, 3.8) is 0 Å². The number of likely N-dealkylation sites (tertiary alicyclic amines) is 1. The van der Waals surface area contributed by atoms with Crippen molar-refractivity contribution >= 4 is 34.8 Å². The number of nitrogens with zero attached hydrogens (tertiary/aromatic N) is 1. The molecular formula is C24H29N3O4S. The number of carbonyl (C=O) groups excluding carboxylic acids is 2. The topological polar surface area (TPSA) is 79.9 Å². The van der Waals surface area contributed by atoms with Crippen LogP contribution in [-0.4, -0.2) is 55.2 Å². The first-order valence-corrected chi connectivity index (χ1v) is 11.1. The third-order valence-electron chi connectivity index (χ3n) is 5.34. The number of benzene rings is 2. The van der Waals surface area contributed by atoms with Crippen LogP contribution in [0.1, 0.15) is 40.5 Å². The van der Waals surface area contributed by atoms with E-state index in [9.17, 15) is 9.59 Å². The average molecular weight is 456 g/mol. The predicted octanol–water partition coefficient (Wildman–Crippen LogP) is 3.71. The van der Waals surface area contributed by atoms with Crippen LogP contribution in [0.3, 0.4) is 0 Å². The first-order valence-electron chi connectivity index (χ1n) is 10.7. The SMILES string of the molecule is COCCOc1ccccc1C(=O)NC(=S)Nc1cccc(C(=O)N2CCC(C)CC2)c1. The highest BCUT2D eigenvalue weighted by Crippen LogP contribution is 2.20. The second kappa shape index (κ2) is 11.6. The first-order chi connectivity index (χ1) is 15.5. The van der Waals surface area contributed by atoms with Gasteiger partial charge in [-0.1, -0.05) is 25.1 Å². The average Bonchev–Trinajstić information content (AvgIpc) is 2.79. The molecule has 0 radical (unpaired) electrons. The Bertz CT molecular complexity index is 958. The molecule has 1 saturated heterocycles. The van der Waals surface area contributed by atoms with Crippen LogP contribution in [0.25, 0.3) is 0 Å². The van der Waals surface area contributed by atoms with Gasteiger partial charge in [-0.3, -0.25) is 14.9 Å². The summed E-state index contributed by atoms with van der Waals surface area (Å²) in [6.45, 7) is 4.52. The van der Waals surface area contributed by atoms with E-state index in [0.717, 1.165) is 25.9 Å². The summed E-state index contributed by atoms with van der Waals surface area (Å²) in [7, 11) is 1.58. The molecule has 0 atom stereocenters. The summed E-state index contributed by atoms with van der Waals surface area (Å²) < 4.78 is 10.6. The number of piperidine rings is 1. The smallest absolute Gasteiger partial charge is 0.261 e.